The summed E-state index contributed by atoms with van der Waals surface area (Å²) in [7, 11) is 0. The first-order chi connectivity index (χ1) is 7.91. The molecule has 1 aliphatic carbocycles. The molecule has 2 N–H and O–H groups in total. The Morgan fingerprint density at radius 1 is 1.24 bits per heavy atom. The minimum absolute atomic E-state index is 0.0773. The summed E-state index contributed by atoms with van der Waals surface area (Å²) in [5.74, 6) is 2.09. The SMILES string of the molecule is CC(C)CNC(=O)C(C)NC1CCC(C)C1C. The van der Waals surface area contributed by atoms with Gasteiger partial charge in [0.25, 0.3) is 0 Å². The van der Waals surface area contributed by atoms with Crippen molar-refractivity contribution >= 4 is 5.91 Å². The molecule has 0 bridgehead atoms. The van der Waals surface area contributed by atoms with Crippen molar-refractivity contribution in [3.05, 3.63) is 0 Å². The summed E-state index contributed by atoms with van der Waals surface area (Å²) in [5, 5.41) is 6.45. The molecular weight excluding hydrogens is 212 g/mol. The van der Waals surface area contributed by atoms with Crippen LogP contribution in [0.1, 0.15) is 47.5 Å². The van der Waals surface area contributed by atoms with Gasteiger partial charge in [-0.2, -0.15) is 0 Å². The van der Waals surface area contributed by atoms with Crippen LogP contribution in [0, 0.1) is 17.8 Å². The van der Waals surface area contributed by atoms with Crippen LogP contribution in [0.2, 0.25) is 0 Å². The molecule has 0 saturated heterocycles. The first kappa shape index (κ1) is 14.5. The second kappa shape index (κ2) is 6.39. The highest BCUT2D eigenvalue weighted by Gasteiger charge is 2.31. The van der Waals surface area contributed by atoms with Gasteiger partial charge in [0, 0.05) is 12.6 Å². The van der Waals surface area contributed by atoms with Crippen LogP contribution in [0.15, 0.2) is 0 Å². The Labute approximate surface area is 106 Å². The van der Waals surface area contributed by atoms with Gasteiger partial charge in [-0.25, -0.2) is 0 Å². The van der Waals surface area contributed by atoms with Crippen molar-refractivity contribution in [2.75, 3.05) is 6.54 Å². The lowest BCUT2D eigenvalue weighted by Gasteiger charge is -2.24. The van der Waals surface area contributed by atoms with Crippen LogP contribution in [-0.2, 0) is 4.79 Å². The maximum atomic E-state index is 11.8. The van der Waals surface area contributed by atoms with Gasteiger partial charge in [-0.15, -0.1) is 0 Å². The number of carbonyl (C=O) groups excluding carboxylic acids is 1. The van der Waals surface area contributed by atoms with Gasteiger partial charge >= 0.3 is 0 Å². The molecule has 0 aromatic rings. The fourth-order valence-corrected chi connectivity index (χ4v) is 2.45. The fraction of sp³-hybridized carbons (Fsp3) is 0.929. The average molecular weight is 240 g/mol. The van der Waals surface area contributed by atoms with E-state index in [9.17, 15) is 4.79 Å². The fourth-order valence-electron chi connectivity index (χ4n) is 2.45. The predicted octanol–water partition coefficient (Wildman–Crippen LogP) is 2.17. The highest BCUT2D eigenvalue weighted by Crippen LogP contribution is 2.31. The third-order valence-corrected chi connectivity index (χ3v) is 4.01. The van der Waals surface area contributed by atoms with Crippen molar-refractivity contribution in [1.82, 2.24) is 10.6 Å². The van der Waals surface area contributed by atoms with Crippen molar-refractivity contribution in [3.8, 4) is 0 Å². The second-order valence-electron chi connectivity index (χ2n) is 6.05. The molecule has 1 amide bonds. The highest BCUT2D eigenvalue weighted by atomic mass is 16.2. The molecule has 1 aliphatic rings. The Hall–Kier alpha value is -0.570. The number of amides is 1. The van der Waals surface area contributed by atoms with E-state index in [1.807, 2.05) is 6.92 Å². The Balaban J connectivity index is 2.33. The minimum Gasteiger partial charge on any atom is -0.354 e. The van der Waals surface area contributed by atoms with Gasteiger partial charge in [0.15, 0.2) is 0 Å². The summed E-state index contributed by atoms with van der Waals surface area (Å²) in [5.41, 5.74) is 0. The molecule has 4 unspecified atom stereocenters. The largest absolute Gasteiger partial charge is 0.354 e. The molecule has 0 aromatic carbocycles. The summed E-state index contributed by atoms with van der Waals surface area (Å²) in [6.45, 7) is 11.5. The second-order valence-corrected chi connectivity index (χ2v) is 6.05. The van der Waals surface area contributed by atoms with Gasteiger partial charge in [-0.3, -0.25) is 4.79 Å². The molecule has 0 heterocycles. The smallest absolute Gasteiger partial charge is 0.236 e. The van der Waals surface area contributed by atoms with Gasteiger partial charge in [0.1, 0.15) is 0 Å². The Morgan fingerprint density at radius 2 is 1.88 bits per heavy atom. The zero-order chi connectivity index (χ0) is 13.0. The first-order valence-electron chi connectivity index (χ1n) is 6.95. The third kappa shape index (κ3) is 4.30. The number of hydrogen-bond acceptors (Lipinski definition) is 2. The van der Waals surface area contributed by atoms with E-state index in [0.717, 1.165) is 12.5 Å². The molecule has 0 aromatic heterocycles. The standard InChI is InChI=1S/C14H28N2O/c1-9(2)8-15-14(17)12(5)16-13-7-6-10(3)11(13)4/h9-13,16H,6-8H2,1-5H3,(H,15,17). The quantitative estimate of drug-likeness (QED) is 0.773. The summed E-state index contributed by atoms with van der Waals surface area (Å²) >= 11 is 0. The van der Waals surface area contributed by atoms with Crippen LogP contribution < -0.4 is 10.6 Å². The molecular formula is C14H28N2O. The van der Waals surface area contributed by atoms with Crippen molar-refractivity contribution < 1.29 is 4.79 Å². The van der Waals surface area contributed by atoms with Gasteiger partial charge in [0.05, 0.1) is 6.04 Å². The van der Waals surface area contributed by atoms with E-state index in [4.69, 9.17) is 0 Å². The van der Waals surface area contributed by atoms with Gasteiger partial charge in [-0.1, -0.05) is 27.7 Å². The van der Waals surface area contributed by atoms with E-state index < -0.39 is 0 Å². The Morgan fingerprint density at radius 3 is 2.35 bits per heavy atom. The van der Waals surface area contributed by atoms with Crippen molar-refractivity contribution in [2.45, 2.75) is 59.5 Å². The molecule has 4 atom stereocenters. The predicted molar refractivity (Wildman–Crippen MR) is 71.8 cm³/mol. The van der Waals surface area contributed by atoms with Gasteiger partial charge in [0.2, 0.25) is 5.91 Å². The van der Waals surface area contributed by atoms with Gasteiger partial charge in [-0.05, 0) is 37.5 Å². The summed E-state index contributed by atoms with van der Waals surface area (Å²) in [6, 6.07) is 0.427. The minimum atomic E-state index is -0.0773. The lowest BCUT2D eigenvalue weighted by atomic mass is 9.97. The number of nitrogens with one attached hydrogen (secondary N) is 2. The van der Waals surface area contributed by atoms with E-state index in [-0.39, 0.29) is 11.9 Å². The summed E-state index contributed by atoms with van der Waals surface area (Å²) in [6.07, 6.45) is 2.48. The summed E-state index contributed by atoms with van der Waals surface area (Å²) < 4.78 is 0. The molecule has 3 nitrogen and oxygen atoms in total. The van der Waals surface area contributed by atoms with Crippen LogP contribution in [0.5, 0.6) is 0 Å². The van der Waals surface area contributed by atoms with Crippen LogP contribution in [0.4, 0.5) is 0 Å². The molecule has 1 rings (SSSR count). The van der Waals surface area contributed by atoms with E-state index in [1.165, 1.54) is 12.8 Å². The van der Waals surface area contributed by atoms with E-state index >= 15 is 0 Å². The zero-order valence-corrected chi connectivity index (χ0v) is 11.9. The Bertz CT molecular complexity index is 253. The highest BCUT2D eigenvalue weighted by molar-refractivity contribution is 5.81. The molecule has 100 valence electrons. The average Bonchev–Trinajstić information content (AvgIpc) is 2.57. The summed E-state index contributed by atoms with van der Waals surface area (Å²) in [4.78, 5) is 11.8. The first-order valence-corrected chi connectivity index (χ1v) is 6.95. The normalized spacial score (nSPS) is 30.6. The Kier molecular flexibility index (Phi) is 5.44. The topological polar surface area (TPSA) is 41.1 Å². The molecule has 17 heavy (non-hydrogen) atoms. The van der Waals surface area contributed by atoms with Crippen molar-refractivity contribution in [1.29, 1.82) is 0 Å². The lowest BCUT2D eigenvalue weighted by Crippen LogP contribution is -2.48. The number of carbonyl (C=O) groups is 1. The maximum absolute atomic E-state index is 11.8. The monoisotopic (exact) mass is 240 g/mol. The number of rotatable bonds is 5. The molecule has 1 fully saturated rings. The number of hydrogen-bond donors (Lipinski definition) is 2. The van der Waals surface area contributed by atoms with Crippen LogP contribution >= 0.6 is 0 Å². The third-order valence-electron chi connectivity index (χ3n) is 4.01. The molecule has 0 aliphatic heterocycles. The van der Waals surface area contributed by atoms with E-state index in [2.05, 4.69) is 38.3 Å². The lowest BCUT2D eigenvalue weighted by molar-refractivity contribution is -0.123. The van der Waals surface area contributed by atoms with Gasteiger partial charge < -0.3 is 10.6 Å². The molecule has 1 saturated carbocycles. The van der Waals surface area contributed by atoms with Crippen LogP contribution in [-0.4, -0.2) is 24.5 Å². The maximum Gasteiger partial charge on any atom is 0.236 e. The molecule has 0 spiro atoms. The van der Waals surface area contributed by atoms with Crippen LogP contribution in [0.25, 0.3) is 0 Å². The van der Waals surface area contributed by atoms with Crippen molar-refractivity contribution in [3.63, 3.8) is 0 Å². The van der Waals surface area contributed by atoms with E-state index in [1.54, 1.807) is 0 Å². The van der Waals surface area contributed by atoms with Crippen molar-refractivity contribution in [2.24, 2.45) is 17.8 Å². The van der Waals surface area contributed by atoms with E-state index in [0.29, 0.717) is 17.9 Å². The molecule has 0 radical (unpaired) electrons. The molecule has 3 heteroatoms. The zero-order valence-electron chi connectivity index (χ0n) is 11.9. The van der Waals surface area contributed by atoms with Crippen LogP contribution in [0.3, 0.4) is 0 Å².